The van der Waals surface area contributed by atoms with Gasteiger partial charge in [-0.2, -0.15) is 0 Å². The molecular weight excluding hydrogens is 322 g/mol. The molecule has 1 atom stereocenters. The van der Waals surface area contributed by atoms with Gasteiger partial charge in [0, 0.05) is 7.05 Å². The largest absolute Gasteiger partial charge is 0.346 e. The van der Waals surface area contributed by atoms with Crippen LogP contribution in [0.5, 0.6) is 0 Å². The summed E-state index contributed by atoms with van der Waals surface area (Å²) in [5, 5.41) is 5.41. The highest BCUT2D eigenvalue weighted by Crippen LogP contribution is 2.20. The van der Waals surface area contributed by atoms with Crippen molar-refractivity contribution in [1.29, 1.82) is 0 Å². The molecule has 0 radical (unpaired) electrons. The van der Waals surface area contributed by atoms with E-state index in [0.717, 1.165) is 27.8 Å². The number of para-hydroxylation sites is 2. The topological polar surface area (TPSA) is 46.9 Å². The lowest BCUT2D eigenvalue weighted by atomic mass is 10.0. The number of hydrogen-bond acceptors (Lipinski definition) is 2. The van der Waals surface area contributed by atoms with Crippen molar-refractivity contribution in [3.8, 4) is 0 Å². The third-order valence-corrected chi connectivity index (χ3v) is 4.77. The number of amides is 1. The highest BCUT2D eigenvalue weighted by atomic mass is 16.1. The van der Waals surface area contributed by atoms with E-state index >= 15 is 0 Å². The van der Waals surface area contributed by atoms with E-state index in [1.54, 1.807) is 0 Å². The van der Waals surface area contributed by atoms with Crippen LogP contribution in [0, 0.1) is 0 Å². The van der Waals surface area contributed by atoms with Crippen LogP contribution in [-0.4, -0.2) is 15.5 Å². The van der Waals surface area contributed by atoms with Crippen LogP contribution >= 0.6 is 0 Å². The first-order valence-corrected chi connectivity index (χ1v) is 8.80. The number of nitrogens with zero attached hydrogens (tertiary/aromatic N) is 2. The van der Waals surface area contributed by atoms with Crippen molar-refractivity contribution in [3.05, 3.63) is 78.1 Å². The number of benzene rings is 3. The maximum Gasteiger partial charge on any atom is 0.224 e. The molecule has 4 heteroatoms. The van der Waals surface area contributed by atoms with E-state index in [0.29, 0.717) is 6.42 Å². The Balaban J connectivity index is 1.50. The zero-order valence-electron chi connectivity index (χ0n) is 14.9. The van der Waals surface area contributed by atoms with Gasteiger partial charge in [0.05, 0.1) is 23.5 Å². The molecule has 1 heterocycles. The van der Waals surface area contributed by atoms with Gasteiger partial charge >= 0.3 is 0 Å². The molecule has 130 valence electrons. The lowest BCUT2D eigenvalue weighted by molar-refractivity contribution is -0.121. The van der Waals surface area contributed by atoms with E-state index < -0.39 is 0 Å². The van der Waals surface area contributed by atoms with E-state index in [2.05, 4.69) is 34.6 Å². The molecule has 0 saturated carbocycles. The van der Waals surface area contributed by atoms with Gasteiger partial charge in [-0.15, -0.1) is 0 Å². The van der Waals surface area contributed by atoms with Gasteiger partial charge in [0.15, 0.2) is 0 Å². The summed E-state index contributed by atoms with van der Waals surface area (Å²) in [4.78, 5) is 17.2. The first-order chi connectivity index (χ1) is 12.6. The monoisotopic (exact) mass is 343 g/mol. The maximum absolute atomic E-state index is 12.5. The molecule has 0 aliphatic heterocycles. The summed E-state index contributed by atoms with van der Waals surface area (Å²) >= 11 is 0. The number of carbonyl (C=O) groups excluding carboxylic acids is 1. The normalized spacial score (nSPS) is 12.4. The highest BCUT2D eigenvalue weighted by molar-refractivity contribution is 5.85. The van der Waals surface area contributed by atoms with E-state index in [1.807, 2.05) is 61.0 Å². The van der Waals surface area contributed by atoms with Crippen LogP contribution < -0.4 is 5.32 Å². The molecule has 0 bridgehead atoms. The summed E-state index contributed by atoms with van der Waals surface area (Å²) in [7, 11) is 1.98. The van der Waals surface area contributed by atoms with Gasteiger partial charge in [0.25, 0.3) is 0 Å². The van der Waals surface area contributed by atoms with E-state index in [1.165, 1.54) is 5.39 Å². The van der Waals surface area contributed by atoms with Crippen molar-refractivity contribution in [2.75, 3.05) is 0 Å². The van der Waals surface area contributed by atoms with Crippen molar-refractivity contribution in [1.82, 2.24) is 14.9 Å². The van der Waals surface area contributed by atoms with Gasteiger partial charge in [-0.1, -0.05) is 54.6 Å². The van der Waals surface area contributed by atoms with Gasteiger partial charge in [-0.3, -0.25) is 4.79 Å². The molecule has 0 saturated heterocycles. The van der Waals surface area contributed by atoms with Gasteiger partial charge < -0.3 is 9.88 Å². The van der Waals surface area contributed by atoms with Gasteiger partial charge in [-0.25, -0.2) is 4.98 Å². The van der Waals surface area contributed by atoms with E-state index in [-0.39, 0.29) is 11.9 Å². The molecule has 0 aliphatic carbocycles. The molecule has 4 rings (SSSR count). The van der Waals surface area contributed by atoms with E-state index in [4.69, 9.17) is 0 Å². The molecular formula is C22H21N3O. The number of carbonyl (C=O) groups is 1. The first-order valence-electron chi connectivity index (χ1n) is 8.80. The number of rotatable bonds is 4. The number of aromatic nitrogens is 2. The molecule has 1 amide bonds. The fourth-order valence-electron chi connectivity index (χ4n) is 3.44. The molecule has 0 unspecified atom stereocenters. The van der Waals surface area contributed by atoms with Crippen molar-refractivity contribution < 1.29 is 4.79 Å². The van der Waals surface area contributed by atoms with E-state index in [9.17, 15) is 4.79 Å². The molecule has 1 aromatic heterocycles. The summed E-state index contributed by atoms with van der Waals surface area (Å²) in [6.45, 7) is 1.97. The van der Waals surface area contributed by atoms with Crippen LogP contribution in [-0.2, 0) is 18.3 Å². The minimum Gasteiger partial charge on any atom is -0.346 e. The van der Waals surface area contributed by atoms with Gasteiger partial charge in [0.1, 0.15) is 5.82 Å². The Morgan fingerprint density at radius 1 is 1.04 bits per heavy atom. The second-order valence-electron chi connectivity index (χ2n) is 6.67. The zero-order chi connectivity index (χ0) is 18.1. The van der Waals surface area contributed by atoms with Crippen LogP contribution in [0.3, 0.4) is 0 Å². The summed E-state index contributed by atoms with van der Waals surface area (Å²) in [5.41, 5.74) is 3.03. The second-order valence-corrected chi connectivity index (χ2v) is 6.67. The number of fused-ring (bicyclic) bond motifs is 2. The van der Waals surface area contributed by atoms with Crippen LogP contribution in [0.4, 0.5) is 0 Å². The Kier molecular flexibility index (Phi) is 4.17. The predicted octanol–water partition coefficient (Wildman–Crippen LogP) is 4.15. The first kappa shape index (κ1) is 16.3. The van der Waals surface area contributed by atoms with Gasteiger partial charge in [-0.05, 0) is 35.4 Å². The molecule has 4 aromatic rings. The van der Waals surface area contributed by atoms with Crippen LogP contribution in [0.2, 0.25) is 0 Å². The Morgan fingerprint density at radius 2 is 1.77 bits per heavy atom. The number of hydrogen-bond donors (Lipinski definition) is 1. The highest BCUT2D eigenvalue weighted by Gasteiger charge is 2.16. The summed E-state index contributed by atoms with van der Waals surface area (Å²) in [5.74, 6) is 0.859. The SMILES string of the molecule is C[C@@H](NC(=O)Cc1ccc2ccccc2c1)c1nc2ccccc2n1C. The maximum atomic E-state index is 12.5. The third kappa shape index (κ3) is 3.06. The summed E-state index contributed by atoms with van der Waals surface area (Å²) < 4.78 is 2.04. The second kappa shape index (κ2) is 6.64. The molecule has 1 N–H and O–H groups in total. The lowest BCUT2D eigenvalue weighted by Gasteiger charge is -2.14. The molecule has 0 aliphatic rings. The Hall–Kier alpha value is -3.14. The minimum absolute atomic E-state index is 0.000151. The number of nitrogens with one attached hydrogen (secondary N) is 1. The Bertz CT molecular complexity index is 1100. The molecule has 26 heavy (non-hydrogen) atoms. The molecule has 3 aromatic carbocycles. The lowest BCUT2D eigenvalue weighted by Crippen LogP contribution is -2.29. The van der Waals surface area contributed by atoms with Crippen LogP contribution in [0.15, 0.2) is 66.7 Å². The minimum atomic E-state index is -0.152. The average Bonchev–Trinajstić information content (AvgIpc) is 2.99. The molecule has 0 fully saturated rings. The summed E-state index contributed by atoms with van der Waals surface area (Å²) in [6, 6.07) is 22.2. The van der Waals surface area contributed by atoms with Crippen molar-refractivity contribution in [2.45, 2.75) is 19.4 Å². The fraction of sp³-hybridized carbons (Fsp3) is 0.182. The van der Waals surface area contributed by atoms with Crippen molar-refractivity contribution in [2.24, 2.45) is 7.05 Å². The standard InChI is InChI=1S/C22H21N3O/c1-15(22-24-19-9-5-6-10-20(19)25(22)2)23-21(26)14-16-11-12-17-7-3-4-8-18(17)13-16/h3-13,15H,14H2,1-2H3,(H,23,26)/t15-/m1/s1. The van der Waals surface area contributed by atoms with Crippen LogP contribution in [0.1, 0.15) is 24.4 Å². The fourth-order valence-corrected chi connectivity index (χ4v) is 3.44. The predicted molar refractivity (Wildman–Crippen MR) is 105 cm³/mol. The quantitative estimate of drug-likeness (QED) is 0.605. The van der Waals surface area contributed by atoms with Crippen molar-refractivity contribution in [3.63, 3.8) is 0 Å². The smallest absolute Gasteiger partial charge is 0.224 e. The van der Waals surface area contributed by atoms with Crippen molar-refractivity contribution >= 4 is 27.7 Å². The third-order valence-electron chi connectivity index (χ3n) is 4.77. The van der Waals surface area contributed by atoms with Gasteiger partial charge in [0.2, 0.25) is 5.91 Å². The number of aryl methyl sites for hydroxylation is 1. The van der Waals surface area contributed by atoms with Crippen LogP contribution in [0.25, 0.3) is 21.8 Å². The molecule has 0 spiro atoms. The zero-order valence-corrected chi connectivity index (χ0v) is 14.9. The molecule has 4 nitrogen and oxygen atoms in total. The number of imidazole rings is 1. The Labute approximate surface area is 152 Å². The summed E-state index contributed by atoms with van der Waals surface area (Å²) in [6.07, 6.45) is 0.360. The Morgan fingerprint density at radius 3 is 2.58 bits per heavy atom. The average molecular weight is 343 g/mol.